The number of fused-ring (bicyclic) bond motifs is 1. The molecule has 31 heavy (non-hydrogen) atoms. The van der Waals surface area contributed by atoms with E-state index in [1.165, 1.54) is 0 Å². The molecule has 3 heterocycles. The lowest BCUT2D eigenvalue weighted by Gasteiger charge is -2.15. The molecule has 3 unspecified atom stereocenters. The fraction of sp³-hybridized carbons (Fsp3) is 0.348. The van der Waals surface area contributed by atoms with Gasteiger partial charge in [0.2, 0.25) is 5.91 Å². The van der Waals surface area contributed by atoms with E-state index < -0.39 is 0 Å². The standard InChI is InChI=1S/C23H26N6O2/c1-12-13(2)28-29-20(12)23(31)26-18-9-16-10-19(27-21(16)24-11-18)14-3-5-15(6-4-14)22(30)25-17-7-8-17/h3-6,9-13,17,20,28-29H,7-8H2,1-2H3,(H,24,27)(H,25,30)(H,26,31). The van der Waals surface area contributed by atoms with E-state index in [0.717, 1.165) is 35.1 Å². The van der Waals surface area contributed by atoms with Gasteiger partial charge >= 0.3 is 0 Å². The van der Waals surface area contributed by atoms with Crippen molar-refractivity contribution in [2.45, 2.75) is 44.8 Å². The maximum Gasteiger partial charge on any atom is 0.251 e. The van der Waals surface area contributed by atoms with Crippen molar-refractivity contribution in [3.63, 3.8) is 0 Å². The van der Waals surface area contributed by atoms with Gasteiger partial charge in [-0.3, -0.25) is 15.0 Å². The average Bonchev–Trinajstić information content (AvgIpc) is 3.38. The van der Waals surface area contributed by atoms with E-state index in [2.05, 4.69) is 31.5 Å². The predicted molar refractivity (Wildman–Crippen MR) is 119 cm³/mol. The Kier molecular flexibility index (Phi) is 4.95. The molecule has 3 aromatic rings. The van der Waals surface area contributed by atoms with Crippen molar-refractivity contribution in [2.75, 3.05) is 5.32 Å². The van der Waals surface area contributed by atoms with Crippen LogP contribution in [0.3, 0.4) is 0 Å². The van der Waals surface area contributed by atoms with E-state index in [0.29, 0.717) is 17.3 Å². The van der Waals surface area contributed by atoms with Crippen molar-refractivity contribution in [1.82, 2.24) is 26.1 Å². The third-order valence-corrected chi connectivity index (χ3v) is 6.17. The molecule has 1 aliphatic carbocycles. The third kappa shape index (κ3) is 4.04. The number of pyridine rings is 1. The molecule has 1 aromatic carbocycles. The lowest BCUT2D eigenvalue weighted by molar-refractivity contribution is -0.118. The van der Waals surface area contributed by atoms with Gasteiger partial charge in [0.05, 0.1) is 11.9 Å². The highest BCUT2D eigenvalue weighted by Gasteiger charge is 2.34. The molecule has 2 amide bonds. The fourth-order valence-electron chi connectivity index (χ4n) is 3.83. The minimum absolute atomic E-state index is 0.0246. The smallest absolute Gasteiger partial charge is 0.251 e. The van der Waals surface area contributed by atoms with Crippen molar-refractivity contribution in [3.8, 4) is 11.3 Å². The highest BCUT2D eigenvalue weighted by atomic mass is 16.2. The van der Waals surface area contributed by atoms with Crippen molar-refractivity contribution in [1.29, 1.82) is 0 Å². The number of H-pyrrole nitrogens is 1. The summed E-state index contributed by atoms with van der Waals surface area (Å²) in [5.41, 5.74) is 10.1. The molecule has 8 nitrogen and oxygen atoms in total. The molecule has 2 aliphatic rings. The molecular formula is C23H26N6O2. The summed E-state index contributed by atoms with van der Waals surface area (Å²) < 4.78 is 0. The molecule has 2 fully saturated rings. The van der Waals surface area contributed by atoms with Crippen LogP contribution in [0.15, 0.2) is 42.6 Å². The second kappa shape index (κ2) is 7.79. The van der Waals surface area contributed by atoms with E-state index in [9.17, 15) is 9.59 Å². The number of carbonyl (C=O) groups is 2. The van der Waals surface area contributed by atoms with Crippen LogP contribution in [0.4, 0.5) is 5.69 Å². The van der Waals surface area contributed by atoms with Gasteiger partial charge in [-0.1, -0.05) is 19.1 Å². The van der Waals surface area contributed by atoms with Gasteiger partial charge in [0, 0.05) is 28.7 Å². The number of amides is 2. The SMILES string of the molecule is CC1NNC(C(=O)Nc2cnc3[nH]c(-c4ccc(C(=O)NC5CC5)cc4)cc3c2)C1C. The number of anilines is 1. The molecule has 1 saturated heterocycles. The maximum atomic E-state index is 12.6. The highest BCUT2D eigenvalue weighted by molar-refractivity contribution is 5.97. The van der Waals surface area contributed by atoms with Crippen LogP contribution in [0.1, 0.15) is 37.0 Å². The Labute approximate surface area is 180 Å². The van der Waals surface area contributed by atoms with Crippen molar-refractivity contribution < 1.29 is 9.59 Å². The zero-order valence-electron chi connectivity index (χ0n) is 17.5. The third-order valence-electron chi connectivity index (χ3n) is 6.17. The Morgan fingerprint density at radius 2 is 1.84 bits per heavy atom. The van der Waals surface area contributed by atoms with Crippen LogP contribution in [0.2, 0.25) is 0 Å². The first-order valence-electron chi connectivity index (χ1n) is 10.7. The predicted octanol–water partition coefficient (Wildman–Crippen LogP) is 2.56. The largest absolute Gasteiger partial charge is 0.349 e. The molecule has 3 atom stereocenters. The minimum atomic E-state index is -0.289. The number of rotatable bonds is 5. The Bertz CT molecular complexity index is 1130. The van der Waals surface area contributed by atoms with Crippen LogP contribution in [-0.2, 0) is 4.79 Å². The summed E-state index contributed by atoms with van der Waals surface area (Å²) in [6, 6.07) is 11.7. The van der Waals surface area contributed by atoms with Crippen LogP contribution in [0, 0.1) is 5.92 Å². The summed E-state index contributed by atoms with van der Waals surface area (Å²) in [4.78, 5) is 32.5. The van der Waals surface area contributed by atoms with Crippen molar-refractivity contribution >= 4 is 28.5 Å². The van der Waals surface area contributed by atoms with E-state index in [4.69, 9.17) is 0 Å². The van der Waals surface area contributed by atoms with Gasteiger partial charge in [0.15, 0.2) is 0 Å². The molecular weight excluding hydrogens is 392 g/mol. The average molecular weight is 419 g/mol. The molecule has 8 heteroatoms. The lowest BCUT2D eigenvalue weighted by Crippen LogP contribution is -2.41. The molecule has 1 aliphatic heterocycles. The van der Waals surface area contributed by atoms with Crippen LogP contribution < -0.4 is 21.5 Å². The van der Waals surface area contributed by atoms with Crippen molar-refractivity contribution in [2.24, 2.45) is 5.92 Å². The second-order valence-corrected chi connectivity index (χ2v) is 8.57. The number of hydrazine groups is 1. The summed E-state index contributed by atoms with van der Waals surface area (Å²) in [6.45, 7) is 4.09. The summed E-state index contributed by atoms with van der Waals surface area (Å²) in [7, 11) is 0. The van der Waals surface area contributed by atoms with Crippen molar-refractivity contribution in [3.05, 3.63) is 48.2 Å². The molecule has 0 bridgehead atoms. The van der Waals surface area contributed by atoms with E-state index in [-0.39, 0.29) is 29.8 Å². The van der Waals surface area contributed by atoms with Crippen LogP contribution in [0.25, 0.3) is 22.3 Å². The van der Waals surface area contributed by atoms with Gasteiger partial charge < -0.3 is 15.6 Å². The fourth-order valence-corrected chi connectivity index (χ4v) is 3.83. The summed E-state index contributed by atoms with van der Waals surface area (Å²) in [5.74, 6) is 0.0783. The van der Waals surface area contributed by atoms with Crippen LogP contribution >= 0.6 is 0 Å². The number of aromatic amines is 1. The number of hydrogen-bond donors (Lipinski definition) is 5. The molecule has 5 rings (SSSR count). The molecule has 5 N–H and O–H groups in total. The summed E-state index contributed by atoms with van der Waals surface area (Å²) in [5, 5.41) is 6.86. The van der Waals surface area contributed by atoms with E-state index >= 15 is 0 Å². The minimum Gasteiger partial charge on any atom is -0.349 e. The van der Waals surface area contributed by atoms with E-state index in [1.807, 2.05) is 50.2 Å². The van der Waals surface area contributed by atoms with Gasteiger partial charge in [0.1, 0.15) is 11.7 Å². The highest BCUT2D eigenvalue weighted by Crippen LogP contribution is 2.26. The number of benzene rings is 1. The Morgan fingerprint density at radius 1 is 1.06 bits per heavy atom. The molecule has 160 valence electrons. The number of hydrogen-bond acceptors (Lipinski definition) is 5. The zero-order valence-corrected chi connectivity index (χ0v) is 17.5. The molecule has 0 radical (unpaired) electrons. The van der Waals surface area contributed by atoms with E-state index in [1.54, 1.807) is 6.20 Å². The van der Waals surface area contributed by atoms with Gasteiger partial charge in [-0.25, -0.2) is 10.4 Å². The monoisotopic (exact) mass is 418 g/mol. The number of nitrogens with one attached hydrogen (secondary N) is 5. The van der Waals surface area contributed by atoms with Gasteiger partial charge in [-0.05, 0) is 55.5 Å². The number of aromatic nitrogens is 2. The first-order chi connectivity index (χ1) is 15.0. The normalized spacial score (nSPS) is 23.1. The zero-order chi connectivity index (χ0) is 21.5. The Balaban J connectivity index is 1.31. The molecule has 1 saturated carbocycles. The second-order valence-electron chi connectivity index (χ2n) is 8.57. The maximum absolute atomic E-state index is 12.6. The first-order valence-corrected chi connectivity index (χ1v) is 10.7. The van der Waals surface area contributed by atoms with Gasteiger partial charge in [0.25, 0.3) is 5.91 Å². The number of carbonyl (C=O) groups excluding carboxylic acids is 2. The van der Waals surface area contributed by atoms with Crippen LogP contribution in [0.5, 0.6) is 0 Å². The van der Waals surface area contributed by atoms with Gasteiger partial charge in [-0.2, -0.15) is 0 Å². The topological polar surface area (TPSA) is 111 Å². The first kappa shape index (κ1) is 19.7. The Hall–Kier alpha value is -3.23. The quantitative estimate of drug-likeness (QED) is 0.437. The number of nitrogens with zero attached hydrogens (tertiary/aromatic N) is 1. The lowest BCUT2D eigenvalue weighted by atomic mass is 9.97. The Morgan fingerprint density at radius 3 is 2.52 bits per heavy atom. The van der Waals surface area contributed by atoms with Crippen LogP contribution in [-0.4, -0.2) is 39.9 Å². The summed E-state index contributed by atoms with van der Waals surface area (Å²) in [6.07, 6.45) is 3.80. The molecule has 2 aromatic heterocycles. The van der Waals surface area contributed by atoms with Gasteiger partial charge in [-0.15, -0.1) is 0 Å². The summed E-state index contributed by atoms with van der Waals surface area (Å²) >= 11 is 0. The molecule has 0 spiro atoms.